The Balaban J connectivity index is 2.31. The largest absolute Gasteiger partial charge is 0.380 e. The number of nitrogens with zero attached hydrogens (tertiary/aromatic N) is 1. The first-order valence-electron chi connectivity index (χ1n) is 4.93. The van der Waals surface area contributed by atoms with Crippen LogP contribution in [0, 0.1) is 11.3 Å². The Morgan fingerprint density at radius 2 is 2.38 bits per heavy atom. The van der Waals surface area contributed by atoms with E-state index >= 15 is 0 Å². The summed E-state index contributed by atoms with van der Waals surface area (Å²) in [6.45, 7) is 2.05. The summed E-state index contributed by atoms with van der Waals surface area (Å²) >= 11 is 0. The topological polar surface area (TPSA) is 45.0 Å². The lowest BCUT2D eigenvalue weighted by molar-refractivity contribution is 0.0821. The number of hydrogen-bond acceptors (Lipinski definition) is 3. The minimum atomic E-state index is 0.283. The van der Waals surface area contributed by atoms with Crippen molar-refractivity contribution in [1.82, 2.24) is 5.32 Å². The molecule has 13 heavy (non-hydrogen) atoms. The van der Waals surface area contributed by atoms with Crippen molar-refractivity contribution in [1.29, 1.82) is 5.26 Å². The monoisotopic (exact) mass is 182 g/mol. The molecule has 0 aromatic heterocycles. The first kappa shape index (κ1) is 10.5. The number of rotatable bonds is 4. The van der Waals surface area contributed by atoms with Crippen molar-refractivity contribution in [3.8, 4) is 6.07 Å². The molecule has 1 aliphatic rings. The molecule has 3 unspecified atom stereocenters. The molecule has 0 heterocycles. The molecule has 3 nitrogen and oxygen atoms in total. The van der Waals surface area contributed by atoms with Gasteiger partial charge in [0.2, 0.25) is 0 Å². The summed E-state index contributed by atoms with van der Waals surface area (Å²) in [7, 11) is 1.76. The second-order valence-corrected chi connectivity index (χ2v) is 3.74. The highest BCUT2D eigenvalue weighted by atomic mass is 16.5. The van der Waals surface area contributed by atoms with Crippen molar-refractivity contribution in [2.75, 3.05) is 7.11 Å². The second-order valence-electron chi connectivity index (χ2n) is 3.74. The maximum Gasteiger partial charge on any atom is 0.0724 e. The van der Waals surface area contributed by atoms with Gasteiger partial charge < -0.3 is 10.1 Å². The lowest BCUT2D eigenvalue weighted by atomic mass is 10.1. The summed E-state index contributed by atoms with van der Waals surface area (Å²) in [6, 6.07) is 2.91. The van der Waals surface area contributed by atoms with Crippen LogP contribution in [-0.2, 0) is 4.74 Å². The van der Waals surface area contributed by atoms with E-state index in [9.17, 15) is 0 Å². The summed E-state index contributed by atoms with van der Waals surface area (Å²) in [5, 5.41) is 11.9. The van der Waals surface area contributed by atoms with E-state index in [0.29, 0.717) is 18.6 Å². The lowest BCUT2D eigenvalue weighted by Crippen LogP contribution is -2.41. The molecular formula is C10H18N2O. The smallest absolute Gasteiger partial charge is 0.0724 e. The molecule has 1 fully saturated rings. The summed E-state index contributed by atoms with van der Waals surface area (Å²) < 4.78 is 5.36. The van der Waals surface area contributed by atoms with Crippen LogP contribution in [0.15, 0.2) is 0 Å². The van der Waals surface area contributed by atoms with Crippen LogP contribution >= 0.6 is 0 Å². The van der Waals surface area contributed by atoms with E-state index < -0.39 is 0 Å². The molecule has 0 spiro atoms. The maximum absolute atomic E-state index is 8.51. The minimum absolute atomic E-state index is 0.283. The van der Waals surface area contributed by atoms with Gasteiger partial charge in [-0.1, -0.05) is 0 Å². The molecule has 0 radical (unpaired) electrons. The Kier molecular flexibility index (Phi) is 4.20. The van der Waals surface area contributed by atoms with Gasteiger partial charge in [0.25, 0.3) is 0 Å². The number of nitrogens with one attached hydrogen (secondary N) is 1. The summed E-state index contributed by atoms with van der Waals surface area (Å²) in [4.78, 5) is 0. The van der Waals surface area contributed by atoms with E-state index in [2.05, 4.69) is 11.4 Å². The average Bonchev–Trinajstić information content (AvgIpc) is 2.52. The third-order valence-electron chi connectivity index (χ3n) is 2.65. The van der Waals surface area contributed by atoms with Crippen LogP contribution < -0.4 is 5.32 Å². The van der Waals surface area contributed by atoms with Gasteiger partial charge in [-0.25, -0.2) is 0 Å². The summed E-state index contributed by atoms with van der Waals surface area (Å²) in [5.74, 6) is 0. The van der Waals surface area contributed by atoms with Crippen LogP contribution in [0.3, 0.4) is 0 Å². The molecule has 3 heteroatoms. The van der Waals surface area contributed by atoms with Crippen LogP contribution in [0.1, 0.15) is 32.6 Å². The van der Waals surface area contributed by atoms with Gasteiger partial charge in [0.1, 0.15) is 0 Å². The number of methoxy groups -OCH3 is 1. The molecule has 0 aliphatic heterocycles. The SMILES string of the molecule is COC1CCCC1NC(C)CC#N. The Morgan fingerprint density at radius 1 is 1.62 bits per heavy atom. The average molecular weight is 182 g/mol. The van der Waals surface area contributed by atoms with E-state index in [4.69, 9.17) is 10.00 Å². The Labute approximate surface area is 80.1 Å². The number of nitriles is 1. The van der Waals surface area contributed by atoms with Crippen molar-refractivity contribution >= 4 is 0 Å². The molecule has 0 bridgehead atoms. The molecular weight excluding hydrogens is 164 g/mol. The van der Waals surface area contributed by atoms with E-state index in [1.54, 1.807) is 7.11 Å². The zero-order chi connectivity index (χ0) is 9.68. The Morgan fingerprint density at radius 3 is 3.00 bits per heavy atom. The van der Waals surface area contributed by atoms with Crippen molar-refractivity contribution in [3.63, 3.8) is 0 Å². The van der Waals surface area contributed by atoms with Gasteiger partial charge in [0.05, 0.1) is 18.6 Å². The first-order chi connectivity index (χ1) is 6.27. The first-order valence-corrected chi connectivity index (χ1v) is 4.93. The molecule has 0 aromatic rings. The third kappa shape index (κ3) is 2.98. The van der Waals surface area contributed by atoms with E-state index in [-0.39, 0.29) is 6.04 Å². The van der Waals surface area contributed by atoms with Crippen molar-refractivity contribution in [3.05, 3.63) is 0 Å². The number of hydrogen-bond donors (Lipinski definition) is 1. The molecule has 0 aromatic carbocycles. The fourth-order valence-corrected chi connectivity index (χ4v) is 1.96. The predicted octanol–water partition coefficient (Wildman–Crippen LogP) is 1.45. The number of ether oxygens (including phenoxy) is 1. The van der Waals surface area contributed by atoms with Crippen LogP contribution in [-0.4, -0.2) is 25.3 Å². The van der Waals surface area contributed by atoms with Crippen LogP contribution in [0.5, 0.6) is 0 Å². The highest BCUT2D eigenvalue weighted by molar-refractivity contribution is 4.88. The van der Waals surface area contributed by atoms with Crippen molar-refractivity contribution in [2.45, 2.75) is 50.8 Å². The van der Waals surface area contributed by atoms with Gasteiger partial charge in [0.15, 0.2) is 0 Å². The van der Waals surface area contributed by atoms with Crippen molar-refractivity contribution < 1.29 is 4.74 Å². The zero-order valence-corrected chi connectivity index (χ0v) is 8.42. The molecule has 1 N–H and O–H groups in total. The van der Waals surface area contributed by atoms with Crippen LogP contribution in [0.2, 0.25) is 0 Å². The molecule has 1 saturated carbocycles. The molecule has 3 atom stereocenters. The van der Waals surface area contributed by atoms with Crippen LogP contribution in [0.4, 0.5) is 0 Å². The Hall–Kier alpha value is -0.590. The quantitative estimate of drug-likeness (QED) is 0.715. The fraction of sp³-hybridized carbons (Fsp3) is 0.900. The molecule has 1 rings (SSSR count). The van der Waals surface area contributed by atoms with Gasteiger partial charge >= 0.3 is 0 Å². The second kappa shape index (κ2) is 5.21. The Bertz CT molecular complexity index is 188. The third-order valence-corrected chi connectivity index (χ3v) is 2.65. The fourth-order valence-electron chi connectivity index (χ4n) is 1.96. The molecule has 74 valence electrons. The molecule has 1 aliphatic carbocycles. The van der Waals surface area contributed by atoms with Gasteiger partial charge in [-0.2, -0.15) is 5.26 Å². The summed E-state index contributed by atoms with van der Waals surface area (Å²) in [6.07, 6.45) is 4.48. The van der Waals surface area contributed by atoms with Gasteiger partial charge in [-0.15, -0.1) is 0 Å². The standard InChI is InChI=1S/C10H18N2O/c1-8(6-7-11)12-9-4-3-5-10(9)13-2/h8-10,12H,3-6H2,1-2H3. The van der Waals surface area contributed by atoms with Gasteiger partial charge in [0, 0.05) is 19.2 Å². The van der Waals surface area contributed by atoms with Crippen molar-refractivity contribution in [2.24, 2.45) is 0 Å². The summed E-state index contributed by atoms with van der Waals surface area (Å²) in [5.41, 5.74) is 0. The molecule has 0 saturated heterocycles. The van der Waals surface area contributed by atoms with Gasteiger partial charge in [-0.3, -0.25) is 0 Å². The van der Waals surface area contributed by atoms with Crippen LogP contribution in [0.25, 0.3) is 0 Å². The molecule has 0 amide bonds. The van der Waals surface area contributed by atoms with E-state index in [1.807, 2.05) is 6.92 Å². The predicted molar refractivity (Wildman–Crippen MR) is 51.3 cm³/mol. The van der Waals surface area contributed by atoms with Gasteiger partial charge in [-0.05, 0) is 26.2 Å². The maximum atomic E-state index is 8.51. The lowest BCUT2D eigenvalue weighted by Gasteiger charge is -2.22. The van der Waals surface area contributed by atoms with E-state index in [0.717, 1.165) is 6.42 Å². The van der Waals surface area contributed by atoms with E-state index in [1.165, 1.54) is 12.8 Å². The highest BCUT2D eigenvalue weighted by Gasteiger charge is 2.27. The minimum Gasteiger partial charge on any atom is -0.380 e. The zero-order valence-electron chi connectivity index (χ0n) is 8.42. The normalized spacial score (nSPS) is 29.9. The highest BCUT2D eigenvalue weighted by Crippen LogP contribution is 2.21.